The van der Waals surface area contributed by atoms with Gasteiger partial charge in [0.05, 0.1) is 23.4 Å². The van der Waals surface area contributed by atoms with Crippen molar-refractivity contribution in [3.8, 4) is 11.4 Å². The van der Waals surface area contributed by atoms with Gasteiger partial charge in [-0.25, -0.2) is 9.07 Å². The highest BCUT2D eigenvalue weighted by atomic mass is 19.4. The molecular weight excluding hydrogens is 528 g/mol. The Morgan fingerprint density at radius 3 is 2.48 bits per heavy atom. The molecule has 1 aliphatic rings. The molecule has 2 aromatic heterocycles. The zero-order chi connectivity index (χ0) is 28.8. The van der Waals surface area contributed by atoms with Crippen LogP contribution < -0.4 is 15.6 Å². The Labute approximate surface area is 227 Å². The lowest BCUT2D eigenvalue weighted by molar-refractivity contribution is -0.193. The Kier molecular flexibility index (Phi) is 6.93. The molecule has 2 atom stereocenters. The van der Waals surface area contributed by atoms with Crippen molar-refractivity contribution < 1.29 is 27.1 Å². The van der Waals surface area contributed by atoms with Gasteiger partial charge >= 0.3 is 6.18 Å². The van der Waals surface area contributed by atoms with E-state index in [2.05, 4.69) is 10.4 Å². The molecule has 4 aromatic rings. The molecule has 7 nitrogen and oxygen atoms in total. The van der Waals surface area contributed by atoms with E-state index in [9.17, 15) is 27.2 Å². The molecule has 210 valence electrons. The number of carbonyl (C=O) groups is 1. The van der Waals surface area contributed by atoms with Crippen molar-refractivity contribution in [3.05, 3.63) is 88.7 Å². The number of ether oxygens (including phenoxy) is 1. The van der Waals surface area contributed by atoms with Crippen LogP contribution in [0.25, 0.3) is 16.6 Å². The van der Waals surface area contributed by atoms with Crippen LogP contribution in [0.1, 0.15) is 38.4 Å². The molecule has 0 spiro atoms. The lowest BCUT2D eigenvalue weighted by atomic mass is 9.91. The fourth-order valence-electron chi connectivity index (χ4n) is 4.82. The summed E-state index contributed by atoms with van der Waals surface area (Å²) in [6.07, 6.45) is -2.91. The number of pyridine rings is 1. The first kappa shape index (κ1) is 27.4. The van der Waals surface area contributed by atoms with Gasteiger partial charge in [-0.1, -0.05) is 26.0 Å². The van der Waals surface area contributed by atoms with E-state index in [1.54, 1.807) is 68.3 Å². The van der Waals surface area contributed by atoms with Crippen molar-refractivity contribution >= 4 is 16.8 Å². The fraction of sp³-hybridized carbons (Fsp3) is 0.345. The Balaban J connectivity index is 1.49. The van der Waals surface area contributed by atoms with Gasteiger partial charge in [0.25, 0.3) is 0 Å². The van der Waals surface area contributed by atoms with E-state index in [1.807, 2.05) is 0 Å². The molecule has 2 aromatic carbocycles. The molecule has 1 amide bonds. The average Bonchev–Trinajstić information content (AvgIpc) is 3.63. The summed E-state index contributed by atoms with van der Waals surface area (Å²) in [5.74, 6) is -1.63. The van der Waals surface area contributed by atoms with E-state index < -0.39 is 35.5 Å². The number of benzene rings is 2. The molecule has 1 aliphatic carbocycles. The van der Waals surface area contributed by atoms with Crippen molar-refractivity contribution in [1.82, 2.24) is 19.7 Å². The Morgan fingerprint density at radius 1 is 1.10 bits per heavy atom. The molecule has 11 heteroatoms. The maximum absolute atomic E-state index is 14.3. The van der Waals surface area contributed by atoms with Crippen LogP contribution in [-0.2, 0) is 11.8 Å². The molecule has 0 radical (unpaired) electrons. The summed E-state index contributed by atoms with van der Waals surface area (Å²) in [5.41, 5.74) is -0.792. The Bertz CT molecular complexity index is 1620. The number of carbonyl (C=O) groups excluding carboxylic acids is 1. The average molecular weight is 557 g/mol. The molecule has 5 rings (SSSR count). The molecule has 0 aliphatic heterocycles. The van der Waals surface area contributed by atoms with Gasteiger partial charge in [0.2, 0.25) is 11.5 Å². The minimum absolute atomic E-state index is 0.158. The maximum Gasteiger partial charge on any atom is 0.403 e. The number of fused-ring (bicyclic) bond motifs is 1. The number of alkyl halides is 3. The van der Waals surface area contributed by atoms with Gasteiger partial charge < -0.3 is 14.6 Å². The number of amides is 1. The predicted molar refractivity (Wildman–Crippen MR) is 141 cm³/mol. The first-order valence-corrected chi connectivity index (χ1v) is 12.8. The summed E-state index contributed by atoms with van der Waals surface area (Å²) in [6.45, 7) is 3.52. The van der Waals surface area contributed by atoms with Crippen LogP contribution in [0.3, 0.4) is 0 Å². The van der Waals surface area contributed by atoms with Crippen molar-refractivity contribution in [2.24, 2.45) is 18.4 Å². The van der Waals surface area contributed by atoms with Gasteiger partial charge in [-0.3, -0.25) is 9.59 Å². The number of hydrogen-bond donors (Lipinski definition) is 1. The molecule has 0 unspecified atom stereocenters. The first-order valence-electron chi connectivity index (χ1n) is 12.8. The second kappa shape index (κ2) is 10.1. The topological polar surface area (TPSA) is 78.2 Å². The van der Waals surface area contributed by atoms with Crippen LogP contribution >= 0.6 is 0 Å². The number of aromatic nitrogens is 3. The van der Waals surface area contributed by atoms with Crippen LogP contribution in [0.15, 0.2) is 71.8 Å². The highest BCUT2D eigenvalue weighted by Gasteiger charge is 2.68. The van der Waals surface area contributed by atoms with Crippen LogP contribution in [0.4, 0.5) is 17.6 Å². The lowest BCUT2D eigenvalue weighted by Gasteiger charge is -2.33. The number of hydrogen-bond acceptors (Lipinski definition) is 4. The monoisotopic (exact) mass is 556 g/mol. The quantitative estimate of drug-likeness (QED) is 0.292. The predicted octanol–water partition coefficient (Wildman–Crippen LogP) is 5.47. The van der Waals surface area contributed by atoms with Crippen molar-refractivity contribution in [2.75, 3.05) is 0 Å². The van der Waals surface area contributed by atoms with Crippen LogP contribution in [0.2, 0.25) is 0 Å². The third-order valence-electron chi connectivity index (χ3n) is 7.36. The van der Waals surface area contributed by atoms with E-state index in [1.165, 1.54) is 28.8 Å². The number of nitrogens with zero attached hydrogens (tertiary/aromatic N) is 3. The first-order chi connectivity index (χ1) is 18.9. The molecule has 40 heavy (non-hydrogen) atoms. The summed E-state index contributed by atoms with van der Waals surface area (Å²) in [6, 6.07) is 13.0. The largest absolute Gasteiger partial charge is 0.484 e. The van der Waals surface area contributed by atoms with Crippen molar-refractivity contribution in [3.63, 3.8) is 0 Å². The zero-order valence-corrected chi connectivity index (χ0v) is 22.1. The maximum atomic E-state index is 14.3. The van der Waals surface area contributed by atoms with Gasteiger partial charge in [-0.05, 0) is 60.7 Å². The lowest BCUT2D eigenvalue weighted by Crippen LogP contribution is -2.50. The van der Waals surface area contributed by atoms with Gasteiger partial charge in [0.15, 0.2) is 0 Å². The Hall–Kier alpha value is -4.15. The minimum atomic E-state index is -4.66. The second-order valence-corrected chi connectivity index (χ2v) is 10.5. The molecular formula is C29H28F4N4O3. The molecule has 0 saturated heterocycles. The molecule has 1 saturated carbocycles. The normalized spacial score (nSPS) is 16.1. The summed E-state index contributed by atoms with van der Waals surface area (Å²) < 4.78 is 64.7. The van der Waals surface area contributed by atoms with Crippen LogP contribution in [0.5, 0.6) is 5.75 Å². The molecule has 1 N–H and O–H groups in total. The fourth-order valence-corrected chi connectivity index (χ4v) is 4.82. The second-order valence-electron chi connectivity index (χ2n) is 10.5. The van der Waals surface area contributed by atoms with E-state index in [0.717, 1.165) is 5.52 Å². The van der Waals surface area contributed by atoms with E-state index in [-0.39, 0.29) is 24.3 Å². The third kappa shape index (κ3) is 5.07. The van der Waals surface area contributed by atoms with E-state index >= 15 is 0 Å². The Morgan fingerprint density at radius 2 is 1.85 bits per heavy atom. The minimum Gasteiger partial charge on any atom is -0.484 e. The smallest absolute Gasteiger partial charge is 0.403 e. The summed E-state index contributed by atoms with van der Waals surface area (Å²) in [4.78, 5) is 24.7. The molecule has 1 fully saturated rings. The molecule has 0 bridgehead atoms. The number of halogens is 4. The third-order valence-corrected chi connectivity index (χ3v) is 7.36. The van der Waals surface area contributed by atoms with Gasteiger partial charge in [0.1, 0.15) is 23.1 Å². The number of aryl methyl sites for hydroxylation is 1. The van der Waals surface area contributed by atoms with E-state index in [4.69, 9.17) is 4.74 Å². The van der Waals surface area contributed by atoms with Gasteiger partial charge in [0, 0.05) is 24.7 Å². The van der Waals surface area contributed by atoms with Crippen LogP contribution in [-0.4, -0.2) is 32.5 Å². The van der Waals surface area contributed by atoms with Gasteiger partial charge in [-0.15, -0.1) is 0 Å². The van der Waals surface area contributed by atoms with Gasteiger partial charge in [-0.2, -0.15) is 18.3 Å². The zero-order valence-electron chi connectivity index (χ0n) is 22.1. The van der Waals surface area contributed by atoms with Crippen LogP contribution in [0, 0.1) is 17.2 Å². The number of nitrogens with one attached hydrogen (secondary N) is 1. The summed E-state index contributed by atoms with van der Waals surface area (Å²) >= 11 is 0. The molecule has 2 heterocycles. The SMILES string of the molecule is CC(C)[C@H](NC(=O)C1(C(F)(F)F)CC1)[C@H](Oc1ccc2c(cnn2-c2ccc(=O)n(C)c2)c1)c1cccc(F)c1. The summed E-state index contributed by atoms with van der Waals surface area (Å²) in [5, 5.41) is 7.70. The highest BCUT2D eigenvalue weighted by Crippen LogP contribution is 2.58. The highest BCUT2D eigenvalue weighted by molar-refractivity contribution is 5.86. The van der Waals surface area contributed by atoms with E-state index in [0.29, 0.717) is 22.4 Å². The standard InChI is InChI=1S/C29H28F4N4O3/c1-17(2)25(35-27(39)28(11-12-28)29(31,32)33)26(18-5-4-6-20(30)13-18)40-22-8-9-23-19(14-22)15-34-37(23)21-7-10-24(38)36(3)16-21/h4-10,13-17,25-26H,11-12H2,1-3H3,(H,35,39)/t25-,26+/m0/s1. The van der Waals surface area contributed by atoms with Crippen molar-refractivity contribution in [1.29, 1.82) is 0 Å². The number of rotatable bonds is 8. The van der Waals surface area contributed by atoms with Crippen molar-refractivity contribution in [2.45, 2.75) is 45.0 Å². The summed E-state index contributed by atoms with van der Waals surface area (Å²) in [7, 11) is 1.64.